The molecule has 3 atom stereocenters. The number of guanidine groups is 1. The fraction of sp³-hybridized carbons (Fsp3) is 0.588. The Bertz CT molecular complexity index is 658. The predicted molar refractivity (Wildman–Crippen MR) is 110 cm³/mol. The first-order valence-electron chi connectivity index (χ1n) is 8.51. The molecule has 3 heterocycles. The number of hydrogen-bond acceptors (Lipinski definition) is 4. The lowest BCUT2D eigenvalue weighted by atomic mass is 9.96. The molecule has 2 bridgehead atoms. The number of hydrogen-bond donors (Lipinski definition) is 2. The summed E-state index contributed by atoms with van der Waals surface area (Å²) in [4.78, 5) is 4.72. The predicted octanol–water partition coefficient (Wildman–Crippen LogP) is 3.17. The fourth-order valence-electron chi connectivity index (χ4n) is 3.57. The summed E-state index contributed by atoms with van der Waals surface area (Å²) in [5.74, 6) is 2.38. The summed E-state index contributed by atoms with van der Waals surface area (Å²) in [5, 5.41) is 6.85. The van der Waals surface area contributed by atoms with Gasteiger partial charge in [0.05, 0.1) is 29.3 Å². The van der Waals surface area contributed by atoms with E-state index in [-0.39, 0.29) is 30.8 Å². The van der Waals surface area contributed by atoms with Gasteiger partial charge in [-0.3, -0.25) is 0 Å². The SMILES string of the molecule is CCNC(=NCc1cc(Br)c2c(c1)OCO2)NC1CC2CCC1O2.I. The molecule has 2 fully saturated rings. The highest BCUT2D eigenvalue weighted by molar-refractivity contribution is 14.0. The van der Waals surface area contributed by atoms with E-state index < -0.39 is 0 Å². The molecule has 0 radical (unpaired) electrons. The molecule has 3 aliphatic rings. The average molecular weight is 524 g/mol. The summed E-state index contributed by atoms with van der Waals surface area (Å²) < 4.78 is 17.7. The molecule has 0 saturated carbocycles. The Morgan fingerprint density at radius 2 is 2.20 bits per heavy atom. The maximum atomic E-state index is 5.91. The first kappa shape index (κ1) is 19.0. The second-order valence-electron chi connectivity index (χ2n) is 6.37. The zero-order chi connectivity index (χ0) is 16.5. The van der Waals surface area contributed by atoms with Gasteiger partial charge in [-0.15, -0.1) is 24.0 Å². The zero-order valence-corrected chi connectivity index (χ0v) is 18.0. The van der Waals surface area contributed by atoms with E-state index in [9.17, 15) is 0 Å². The van der Waals surface area contributed by atoms with Crippen LogP contribution in [-0.2, 0) is 11.3 Å². The quantitative estimate of drug-likeness (QED) is 0.360. The molecule has 0 aromatic heterocycles. The molecule has 138 valence electrons. The van der Waals surface area contributed by atoms with E-state index in [1.165, 1.54) is 6.42 Å². The fourth-order valence-corrected chi connectivity index (χ4v) is 4.17. The van der Waals surface area contributed by atoms with E-state index in [2.05, 4.69) is 33.5 Å². The maximum Gasteiger partial charge on any atom is 0.231 e. The number of rotatable bonds is 4. The molecule has 0 amide bonds. The largest absolute Gasteiger partial charge is 0.454 e. The summed E-state index contributed by atoms with van der Waals surface area (Å²) in [6.07, 6.45) is 4.18. The smallest absolute Gasteiger partial charge is 0.231 e. The van der Waals surface area contributed by atoms with Gasteiger partial charge < -0.3 is 24.8 Å². The number of halogens is 2. The molecule has 6 nitrogen and oxygen atoms in total. The van der Waals surface area contributed by atoms with Crippen LogP contribution in [-0.4, -0.2) is 37.5 Å². The van der Waals surface area contributed by atoms with E-state index in [0.29, 0.717) is 24.8 Å². The molecule has 2 N–H and O–H groups in total. The minimum atomic E-state index is 0. The van der Waals surface area contributed by atoms with E-state index in [1.807, 2.05) is 12.1 Å². The van der Waals surface area contributed by atoms with Gasteiger partial charge in [0.1, 0.15) is 0 Å². The summed E-state index contributed by atoms with van der Waals surface area (Å²) in [7, 11) is 0. The molecule has 3 aliphatic heterocycles. The van der Waals surface area contributed by atoms with Gasteiger partial charge >= 0.3 is 0 Å². The Kier molecular flexibility index (Phi) is 6.32. The molecule has 0 aliphatic carbocycles. The van der Waals surface area contributed by atoms with Crippen molar-refractivity contribution in [3.63, 3.8) is 0 Å². The van der Waals surface area contributed by atoms with Crippen LogP contribution in [0.1, 0.15) is 31.7 Å². The molecule has 25 heavy (non-hydrogen) atoms. The Morgan fingerprint density at radius 3 is 2.92 bits per heavy atom. The second-order valence-corrected chi connectivity index (χ2v) is 7.22. The minimum absolute atomic E-state index is 0. The van der Waals surface area contributed by atoms with Crippen molar-refractivity contribution in [1.29, 1.82) is 0 Å². The van der Waals surface area contributed by atoms with Gasteiger partial charge in [-0.25, -0.2) is 4.99 Å². The van der Waals surface area contributed by atoms with Crippen LogP contribution in [0.25, 0.3) is 0 Å². The van der Waals surface area contributed by atoms with Gasteiger partial charge in [-0.1, -0.05) is 0 Å². The Hall–Kier alpha value is -0.740. The van der Waals surface area contributed by atoms with Crippen LogP contribution in [0.2, 0.25) is 0 Å². The number of benzene rings is 1. The van der Waals surface area contributed by atoms with E-state index in [4.69, 9.17) is 19.2 Å². The van der Waals surface area contributed by atoms with Crippen LogP contribution < -0.4 is 20.1 Å². The van der Waals surface area contributed by atoms with Crippen LogP contribution in [0.15, 0.2) is 21.6 Å². The lowest BCUT2D eigenvalue weighted by Gasteiger charge is -2.22. The molecule has 3 unspecified atom stereocenters. The van der Waals surface area contributed by atoms with Gasteiger partial charge in [0.2, 0.25) is 6.79 Å². The Morgan fingerprint density at radius 1 is 1.32 bits per heavy atom. The molecule has 1 aromatic rings. The first-order chi connectivity index (χ1) is 11.7. The topological polar surface area (TPSA) is 64.1 Å². The monoisotopic (exact) mass is 523 g/mol. The highest BCUT2D eigenvalue weighted by atomic mass is 127. The summed E-state index contributed by atoms with van der Waals surface area (Å²) >= 11 is 3.53. The normalized spacial score (nSPS) is 26.5. The van der Waals surface area contributed by atoms with Crippen LogP contribution >= 0.6 is 39.9 Å². The Balaban J connectivity index is 0.00000182. The highest BCUT2D eigenvalue weighted by Crippen LogP contribution is 2.40. The van der Waals surface area contributed by atoms with Crippen molar-refractivity contribution < 1.29 is 14.2 Å². The third-order valence-electron chi connectivity index (χ3n) is 4.68. The Labute approximate surface area is 173 Å². The summed E-state index contributed by atoms with van der Waals surface area (Å²) in [6.45, 7) is 3.76. The zero-order valence-electron chi connectivity index (χ0n) is 14.1. The van der Waals surface area contributed by atoms with Crippen molar-refractivity contribution >= 4 is 45.9 Å². The van der Waals surface area contributed by atoms with Gasteiger partial charge in [-0.05, 0) is 59.8 Å². The van der Waals surface area contributed by atoms with E-state index in [1.54, 1.807) is 0 Å². The molecule has 8 heteroatoms. The van der Waals surface area contributed by atoms with Gasteiger partial charge in [0.25, 0.3) is 0 Å². The maximum absolute atomic E-state index is 5.91. The highest BCUT2D eigenvalue weighted by Gasteiger charge is 2.41. The van der Waals surface area contributed by atoms with Gasteiger partial charge in [0.15, 0.2) is 17.5 Å². The molecule has 4 rings (SSSR count). The lowest BCUT2D eigenvalue weighted by molar-refractivity contribution is 0.0992. The molecular formula is C17H23BrIN3O3. The van der Waals surface area contributed by atoms with Crippen LogP contribution in [0, 0.1) is 0 Å². The number of nitrogens with zero attached hydrogens (tertiary/aromatic N) is 1. The van der Waals surface area contributed by atoms with Crippen molar-refractivity contribution in [3.8, 4) is 11.5 Å². The van der Waals surface area contributed by atoms with Crippen LogP contribution in [0.4, 0.5) is 0 Å². The third-order valence-corrected chi connectivity index (χ3v) is 5.27. The average Bonchev–Trinajstić information content (AvgIpc) is 3.29. The van der Waals surface area contributed by atoms with Gasteiger partial charge in [0, 0.05) is 6.54 Å². The molecular weight excluding hydrogens is 501 g/mol. The third kappa shape index (κ3) is 4.16. The molecule has 0 spiro atoms. The van der Waals surface area contributed by atoms with Crippen molar-refractivity contribution in [1.82, 2.24) is 10.6 Å². The summed E-state index contributed by atoms with van der Waals surface area (Å²) in [6, 6.07) is 4.38. The van der Waals surface area contributed by atoms with E-state index in [0.717, 1.165) is 46.9 Å². The number of ether oxygens (including phenoxy) is 3. The number of aliphatic imine (C=N–C) groups is 1. The molecule has 2 saturated heterocycles. The standard InChI is InChI=1S/C17H22BrN3O3.HI/c1-2-19-17(21-13-7-11-3-4-14(13)24-11)20-8-10-5-12(18)16-15(6-10)22-9-23-16;/h5-6,11,13-14H,2-4,7-9H2,1H3,(H2,19,20,21);1H. The minimum Gasteiger partial charge on any atom is -0.454 e. The van der Waals surface area contributed by atoms with Crippen molar-refractivity contribution in [2.24, 2.45) is 4.99 Å². The number of fused-ring (bicyclic) bond motifs is 3. The van der Waals surface area contributed by atoms with Gasteiger partial charge in [-0.2, -0.15) is 0 Å². The van der Waals surface area contributed by atoms with Crippen LogP contribution in [0.5, 0.6) is 11.5 Å². The molecule has 1 aromatic carbocycles. The lowest BCUT2D eigenvalue weighted by Crippen LogP contribution is -2.47. The van der Waals surface area contributed by atoms with Crippen molar-refractivity contribution in [3.05, 3.63) is 22.2 Å². The van der Waals surface area contributed by atoms with Crippen molar-refractivity contribution in [2.75, 3.05) is 13.3 Å². The van der Waals surface area contributed by atoms with E-state index >= 15 is 0 Å². The van der Waals surface area contributed by atoms with Crippen LogP contribution in [0.3, 0.4) is 0 Å². The number of nitrogens with one attached hydrogen (secondary N) is 2. The summed E-state index contributed by atoms with van der Waals surface area (Å²) in [5.41, 5.74) is 1.08. The first-order valence-corrected chi connectivity index (χ1v) is 9.30. The van der Waals surface area contributed by atoms with Crippen molar-refractivity contribution in [2.45, 2.75) is 51.0 Å². The second kappa shape index (κ2) is 8.30.